The van der Waals surface area contributed by atoms with Gasteiger partial charge < -0.3 is 15.0 Å². The lowest BCUT2D eigenvalue weighted by atomic mass is 9.64. The molecule has 1 saturated carbocycles. The second kappa shape index (κ2) is 6.36. The van der Waals surface area contributed by atoms with Gasteiger partial charge in [0.2, 0.25) is 0 Å². The average Bonchev–Trinajstić information content (AvgIpc) is 2.38. The maximum absolute atomic E-state index is 5.77. The minimum Gasteiger partial charge on any atom is -0.378 e. The van der Waals surface area contributed by atoms with Crippen molar-refractivity contribution in [3.05, 3.63) is 0 Å². The number of nitrogens with one attached hydrogen (secondary N) is 1. The Kier molecular flexibility index (Phi) is 5.05. The molecule has 18 heavy (non-hydrogen) atoms. The van der Waals surface area contributed by atoms with Gasteiger partial charge in [0.15, 0.2) is 0 Å². The van der Waals surface area contributed by atoms with Gasteiger partial charge in [-0.2, -0.15) is 0 Å². The summed E-state index contributed by atoms with van der Waals surface area (Å²) >= 11 is 0. The van der Waals surface area contributed by atoms with Crippen LogP contribution in [0, 0.1) is 5.41 Å². The van der Waals surface area contributed by atoms with Crippen molar-refractivity contribution < 1.29 is 4.74 Å². The third-order valence-electron chi connectivity index (χ3n) is 4.81. The van der Waals surface area contributed by atoms with Gasteiger partial charge in [-0.05, 0) is 39.3 Å². The van der Waals surface area contributed by atoms with Gasteiger partial charge in [0.25, 0.3) is 0 Å². The third kappa shape index (κ3) is 3.25. The van der Waals surface area contributed by atoms with Crippen LogP contribution >= 0.6 is 0 Å². The standard InChI is InChI=1S/C15H30N2O/c1-4-18-14-12-13(15(14,2)3)16-8-11-17-9-6-5-7-10-17/h13-14,16H,4-12H2,1-3H3. The molecule has 1 heterocycles. The van der Waals surface area contributed by atoms with Gasteiger partial charge in [-0.3, -0.25) is 0 Å². The molecule has 0 spiro atoms. The molecular weight excluding hydrogens is 224 g/mol. The van der Waals surface area contributed by atoms with Gasteiger partial charge in [-0.25, -0.2) is 0 Å². The van der Waals surface area contributed by atoms with E-state index in [1.165, 1.54) is 45.3 Å². The van der Waals surface area contributed by atoms with E-state index >= 15 is 0 Å². The van der Waals surface area contributed by atoms with Gasteiger partial charge in [0.05, 0.1) is 6.10 Å². The normalized spacial score (nSPS) is 32.2. The zero-order chi connectivity index (χ0) is 13.0. The number of piperidine rings is 1. The molecule has 106 valence electrons. The second-order valence-corrected chi connectivity index (χ2v) is 6.41. The number of ether oxygens (including phenoxy) is 1. The summed E-state index contributed by atoms with van der Waals surface area (Å²) in [6.45, 7) is 12.5. The van der Waals surface area contributed by atoms with Crippen LogP contribution in [0.15, 0.2) is 0 Å². The number of likely N-dealkylation sites (tertiary alicyclic amines) is 1. The summed E-state index contributed by atoms with van der Waals surface area (Å²) in [6, 6.07) is 0.638. The molecule has 1 aliphatic carbocycles. The molecule has 2 atom stereocenters. The van der Waals surface area contributed by atoms with E-state index in [4.69, 9.17) is 4.74 Å². The highest BCUT2D eigenvalue weighted by Gasteiger charge is 2.48. The summed E-state index contributed by atoms with van der Waals surface area (Å²) < 4.78 is 5.77. The fraction of sp³-hybridized carbons (Fsp3) is 1.00. The lowest BCUT2D eigenvalue weighted by Crippen LogP contribution is -2.61. The first-order valence-electron chi connectivity index (χ1n) is 7.72. The number of rotatable bonds is 6. The van der Waals surface area contributed by atoms with Gasteiger partial charge in [0, 0.05) is 31.2 Å². The van der Waals surface area contributed by atoms with E-state index in [-0.39, 0.29) is 0 Å². The summed E-state index contributed by atoms with van der Waals surface area (Å²) in [5.74, 6) is 0. The van der Waals surface area contributed by atoms with E-state index < -0.39 is 0 Å². The van der Waals surface area contributed by atoms with Crippen molar-refractivity contribution in [1.82, 2.24) is 10.2 Å². The molecule has 2 aliphatic rings. The number of hydrogen-bond acceptors (Lipinski definition) is 3. The van der Waals surface area contributed by atoms with Crippen LogP contribution in [0.5, 0.6) is 0 Å². The average molecular weight is 254 g/mol. The van der Waals surface area contributed by atoms with Gasteiger partial charge >= 0.3 is 0 Å². The maximum atomic E-state index is 5.77. The van der Waals surface area contributed by atoms with Crippen LogP contribution in [-0.2, 0) is 4.74 Å². The van der Waals surface area contributed by atoms with Crippen LogP contribution in [0.2, 0.25) is 0 Å². The van der Waals surface area contributed by atoms with Crippen molar-refractivity contribution in [1.29, 1.82) is 0 Å². The highest BCUT2D eigenvalue weighted by Crippen LogP contribution is 2.42. The second-order valence-electron chi connectivity index (χ2n) is 6.41. The molecule has 3 nitrogen and oxygen atoms in total. The van der Waals surface area contributed by atoms with Crippen molar-refractivity contribution in [3.63, 3.8) is 0 Å². The van der Waals surface area contributed by atoms with Crippen molar-refractivity contribution in [3.8, 4) is 0 Å². The molecule has 0 aromatic rings. The van der Waals surface area contributed by atoms with E-state index in [9.17, 15) is 0 Å². The minimum atomic E-state index is 0.303. The molecule has 2 unspecified atom stereocenters. The van der Waals surface area contributed by atoms with Crippen molar-refractivity contribution in [2.45, 2.75) is 58.6 Å². The first-order chi connectivity index (χ1) is 8.64. The predicted octanol–water partition coefficient (Wildman–Crippen LogP) is 2.27. The fourth-order valence-corrected chi connectivity index (χ4v) is 3.30. The largest absolute Gasteiger partial charge is 0.378 e. The molecule has 1 aliphatic heterocycles. The first kappa shape index (κ1) is 14.3. The molecule has 2 fully saturated rings. The fourth-order valence-electron chi connectivity index (χ4n) is 3.30. The predicted molar refractivity (Wildman–Crippen MR) is 75.9 cm³/mol. The summed E-state index contributed by atoms with van der Waals surface area (Å²) in [5.41, 5.74) is 0.303. The highest BCUT2D eigenvalue weighted by atomic mass is 16.5. The van der Waals surface area contributed by atoms with Crippen LogP contribution < -0.4 is 5.32 Å². The maximum Gasteiger partial charge on any atom is 0.0655 e. The van der Waals surface area contributed by atoms with E-state index in [1.807, 2.05) is 0 Å². The van der Waals surface area contributed by atoms with Crippen LogP contribution in [0.4, 0.5) is 0 Å². The number of nitrogens with zero attached hydrogens (tertiary/aromatic N) is 1. The summed E-state index contributed by atoms with van der Waals surface area (Å²) in [7, 11) is 0. The summed E-state index contributed by atoms with van der Waals surface area (Å²) in [5, 5.41) is 3.72. The quantitative estimate of drug-likeness (QED) is 0.787. The first-order valence-corrected chi connectivity index (χ1v) is 7.72. The Labute approximate surface area is 112 Å². The van der Waals surface area contributed by atoms with E-state index in [0.29, 0.717) is 17.6 Å². The Morgan fingerprint density at radius 1 is 1.22 bits per heavy atom. The molecule has 1 N–H and O–H groups in total. The van der Waals surface area contributed by atoms with E-state index in [2.05, 4.69) is 31.0 Å². The molecule has 0 amide bonds. The Bertz CT molecular complexity index is 249. The smallest absolute Gasteiger partial charge is 0.0655 e. The zero-order valence-corrected chi connectivity index (χ0v) is 12.4. The Morgan fingerprint density at radius 2 is 1.94 bits per heavy atom. The SMILES string of the molecule is CCOC1CC(NCCN2CCCCC2)C1(C)C. The third-order valence-corrected chi connectivity index (χ3v) is 4.81. The molecule has 0 bridgehead atoms. The Morgan fingerprint density at radius 3 is 2.56 bits per heavy atom. The molecular formula is C15H30N2O. The van der Waals surface area contributed by atoms with Crippen molar-refractivity contribution in [2.75, 3.05) is 32.8 Å². The van der Waals surface area contributed by atoms with Crippen molar-refractivity contribution >= 4 is 0 Å². The van der Waals surface area contributed by atoms with E-state index in [1.54, 1.807) is 0 Å². The van der Waals surface area contributed by atoms with Crippen LogP contribution in [0.25, 0.3) is 0 Å². The minimum absolute atomic E-state index is 0.303. The molecule has 1 saturated heterocycles. The Hall–Kier alpha value is -0.120. The van der Waals surface area contributed by atoms with Crippen LogP contribution in [0.3, 0.4) is 0 Å². The monoisotopic (exact) mass is 254 g/mol. The van der Waals surface area contributed by atoms with Gasteiger partial charge in [-0.15, -0.1) is 0 Å². The summed E-state index contributed by atoms with van der Waals surface area (Å²) in [4.78, 5) is 2.60. The molecule has 0 aromatic heterocycles. The van der Waals surface area contributed by atoms with Crippen molar-refractivity contribution in [2.24, 2.45) is 5.41 Å². The van der Waals surface area contributed by atoms with Gasteiger partial charge in [0.1, 0.15) is 0 Å². The highest BCUT2D eigenvalue weighted by molar-refractivity contribution is 5.02. The zero-order valence-electron chi connectivity index (χ0n) is 12.4. The van der Waals surface area contributed by atoms with Crippen LogP contribution in [-0.4, -0.2) is 49.8 Å². The summed E-state index contributed by atoms with van der Waals surface area (Å²) in [6.07, 6.45) is 5.84. The molecule has 2 rings (SSSR count). The lowest BCUT2D eigenvalue weighted by molar-refractivity contribution is -0.114. The molecule has 3 heteroatoms. The molecule has 0 radical (unpaired) electrons. The van der Waals surface area contributed by atoms with E-state index in [0.717, 1.165) is 13.2 Å². The Balaban J connectivity index is 1.62. The van der Waals surface area contributed by atoms with Crippen LogP contribution in [0.1, 0.15) is 46.5 Å². The topological polar surface area (TPSA) is 24.5 Å². The molecule has 0 aromatic carbocycles. The van der Waals surface area contributed by atoms with Gasteiger partial charge in [-0.1, -0.05) is 20.3 Å². The number of hydrogen-bond donors (Lipinski definition) is 1. The lowest BCUT2D eigenvalue weighted by Gasteiger charge is -2.52.